The Morgan fingerprint density at radius 3 is 2.61 bits per heavy atom. The largest absolute Gasteiger partial charge is 0.352 e. The second-order valence-corrected chi connectivity index (χ2v) is 5.12. The predicted molar refractivity (Wildman–Crippen MR) is 93.3 cm³/mol. The Hall–Kier alpha value is -2.88. The zero-order chi connectivity index (χ0) is 16.7. The van der Waals surface area contributed by atoms with Gasteiger partial charge in [0, 0.05) is 23.9 Å². The molecule has 0 aliphatic heterocycles. The van der Waals surface area contributed by atoms with Crippen molar-refractivity contribution in [3.05, 3.63) is 71.3 Å². The summed E-state index contributed by atoms with van der Waals surface area (Å²) in [6, 6.07) is 14.7. The van der Waals surface area contributed by atoms with Gasteiger partial charge in [-0.15, -0.1) is 0 Å². The van der Waals surface area contributed by atoms with Crippen molar-refractivity contribution in [2.75, 3.05) is 11.9 Å². The second-order valence-electron chi connectivity index (χ2n) is 5.12. The minimum absolute atomic E-state index is 0.154. The summed E-state index contributed by atoms with van der Waals surface area (Å²) in [6.07, 6.45) is 3.26. The number of rotatable bonds is 5. The summed E-state index contributed by atoms with van der Waals surface area (Å²) >= 11 is 0. The van der Waals surface area contributed by atoms with Crippen molar-refractivity contribution in [1.82, 2.24) is 5.32 Å². The fourth-order valence-electron chi connectivity index (χ4n) is 2.12. The van der Waals surface area contributed by atoms with Gasteiger partial charge < -0.3 is 10.6 Å². The first-order valence-corrected chi connectivity index (χ1v) is 7.53. The number of anilines is 1. The van der Waals surface area contributed by atoms with E-state index in [0.29, 0.717) is 17.8 Å². The average Bonchev–Trinajstić information content (AvgIpc) is 2.54. The lowest BCUT2D eigenvalue weighted by Crippen LogP contribution is -2.22. The summed E-state index contributed by atoms with van der Waals surface area (Å²) in [7, 11) is 0. The number of hydrogen-bond acceptors (Lipinski definition) is 2. The Morgan fingerprint density at radius 2 is 1.87 bits per heavy atom. The van der Waals surface area contributed by atoms with E-state index >= 15 is 0 Å². The lowest BCUT2D eigenvalue weighted by molar-refractivity contribution is -0.111. The van der Waals surface area contributed by atoms with Crippen molar-refractivity contribution in [2.45, 2.75) is 13.8 Å². The first-order chi connectivity index (χ1) is 11.1. The summed E-state index contributed by atoms with van der Waals surface area (Å²) in [5.74, 6) is -0.389. The number of amides is 2. The first-order valence-electron chi connectivity index (χ1n) is 7.53. The van der Waals surface area contributed by atoms with Crippen LogP contribution < -0.4 is 10.6 Å². The van der Waals surface area contributed by atoms with Gasteiger partial charge in [-0.2, -0.15) is 0 Å². The fraction of sp³-hybridized carbons (Fsp3) is 0.158. The second kappa shape index (κ2) is 7.94. The molecule has 0 saturated carbocycles. The molecule has 0 bridgehead atoms. The highest BCUT2D eigenvalue weighted by atomic mass is 16.2. The fourth-order valence-corrected chi connectivity index (χ4v) is 2.12. The summed E-state index contributed by atoms with van der Waals surface area (Å²) in [5.41, 5.74) is 3.22. The maximum Gasteiger partial charge on any atom is 0.251 e. The molecule has 2 aromatic rings. The quantitative estimate of drug-likeness (QED) is 0.832. The van der Waals surface area contributed by atoms with Gasteiger partial charge in [0.2, 0.25) is 5.91 Å². The molecule has 2 rings (SSSR count). The highest BCUT2D eigenvalue weighted by Gasteiger charge is 2.05. The summed E-state index contributed by atoms with van der Waals surface area (Å²) in [6.45, 7) is 4.42. The molecule has 0 aliphatic rings. The van der Waals surface area contributed by atoms with Crippen LogP contribution in [0, 0.1) is 6.92 Å². The van der Waals surface area contributed by atoms with Gasteiger partial charge >= 0.3 is 0 Å². The number of aryl methyl sites for hydroxylation is 1. The van der Waals surface area contributed by atoms with Gasteiger partial charge in [0.25, 0.3) is 5.91 Å². The van der Waals surface area contributed by atoms with Gasteiger partial charge in [-0.3, -0.25) is 9.59 Å². The van der Waals surface area contributed by atoms with Crippen LogP contribution in [0.25, 0.3) is 6.08 Å². The van der Waals surface area contributed by atoms with Crippen LogP contribution in [0.2, 0.25) is 0 Å². The summed E-state index contributed by atoms with van der Waals surface area (Å²) < 4.78 is 0. The molecule has 23 heavy (non-hydrogen) atoms. The van der Waals surface area contributed by atoms with Crippen LogP contribution in [-0.4, -0.2) is 18.4 Å². The van der Waals surface area contributed by atoms with Gasteiger partial charge in [0.05, 0.1) is 0 Å². The molecular formula is C19H20N2O2. The molecule has 118 valence electrons. The van der Waals surface area contributed by atoms with Crippen LogP contribution in [-0.2, 0) is 4.79 Å². The van der Waals surface area contributed by atoms with E-state index in [1.807, 2.05) is 38.1 Å². The van der Waals surface area contributed by atoms with Crippen molar-refractivity contribution < 1.29 is 9.59 Å². The van der Waals surface area contributed by atoms with Crippen LogP contribution in [0.15, 0.2) is 54.6 Å². The molecule has 0 heterocycles. The topological polar surface area (TPSA) is 58.2 Å². The smallest absolute Gasteiger partial charge is 0.251 e. The zero-order valence-corrected chi connectivity index (χ0v) is 13.3. The van der Waals surface area contributed by atoms with Crippen molar-refractivity contribution in [2.24, 2.45) is 0 Å². The molecule has 4 nitrogen and oxygen atoms in total. The first kappa shape index (κ1) is 16.5. The van der Waals surface area contributed by atoms with E-state index in [1.165, 1.54) is 6.08 Å². The molecule has 2 N–H and O–H groups in total. The molecule has 0 unspecified atom stereocenters. The highest BCUT2D eigenvalue weighted by Crippen LogP contribution is 2.12. The van der Waals surface area contributed by atoms with E-state index in [4.69, 9.17) is 0 Å². The predicted octanol–water partition coefficient (Wildman–Crippen LogP) is 3.40. The molecule has 0 atom stereocenters. The molecule has 0 aliphatic carbocycles. The molecule has 0 saturated heterocycles. The SMILES string of the molecule is CCNC(=O)c1cccc(NC(=O)/C=C/c2ccccc2C)c1. The molecule has 2 amide bonds. The van der Waals surface area contributed by atoms with E-state index in [-0.39, 0.29) is 11.8 Å². The zero-order valence-electron chi connectivity index (χ0n) is 13.3. The Kier molecular flexibility index (Phi) is 5.69. The lowest BCUT2D eigenvalue weighted by atomic mass is 10.1. The lowest BCUT2D eigenvalue weighted by Gasteiger charge is -2.06. The van der Waals surface area contributed by atoms with E-state index in [1.54, 1.807) is 30.3 Å². The monoisotopic (exact) mass is 308 g/mol. The van der Waals surface area contributed by atoms with Gasteiger partial charge in [0.15, 0.2) is 0 Å². The van der Waals surface area contributed by atoms with Crippen LogP contribution >= 0.6 is 0 Å². The van der Waals surface area contributed by atoms with E-state index in [9.17, 15) is 9.59 Å². The summed E-state index contributed by atoms with van der Waals surface area (Å²) in [4.78, 5) is 23.8. The number of benzene rings is 2. The third kappa shape index (κ3) is 4.81. The maximum absolute atomic E-state index is 12.0. The molecule has 0 fully saturated rings. The third-order valence-corrected chi connectivity index (χ3v) is 3.33. The number of nitrogens with one attached hydrogen (secondary N) is 2. The molecule has 0 radical (unpaired) electrons. The van der Waals surface area contributed by atoms with Crippen LogP contribution in [0.1, 0.15) is 28.4 Å². The van der Waals surface area contributed by atoms with E-state index in [0.717, 1.165) is 11.1 Å². The van der Waals surface area contributed by atoms with Gasteiger partial charge in [-0.25, -0.2) is 0 Å². The Balaban J connectivity index is 2.04. The van der Waals surface area contributed by atoms with Crippen molar-refractivity contribution in [3.63, 3.8) is 0 Å². The van der Waals surface area contributed by atoms with Crippen molar-refractivity contribution in [1.29, 1.82) is 0 Å². The van der Waals surface area contributed by atoms with Crippen LogP contribution in [0.3, 0.4) is 0 Å². The molecule has 0 aromatic heterocycles. The van der Waals surface area contributed by atoms with E-state index in [2.05, 4.69) is 10.6 Å². The third-order valence-electron chi connectivity index (χ3n) is 3.33. The van der Waals surface area contributed by atoms with E-state index < -0.39 is 0 Å². The minimum atomic E-state index is -0.235. The highest BCUT2D eigenvalue weighted by molar-refractivity contribution is 6.03. The minimum Gasteiger partial charge on any atom is -0.352 e. The Labute approximate surface area is 136 Å². The molecule has 4 heteroatoms. The Morgan fingerprint density at radius 1 is 1.09 bits per heavy atom. The summed E-state index contributed by atoms with van der Waals surface area (Å²) in [5, 5.41) is 5.49. The van der Waals surface area contributed by atoms with Crippen LogP contribution in [0.4, 0.5) is 5.69 Å². The van der Waals surface area contributed by atoms with Crippen molar-refractivity contribution in [3.8, 4) is 0 Å². The van der Waals surface area contributed by atoms with Gasteiger partial charge in [-0.1, -0.05) is 30.3 Å². The number of carbonyl (C=O) groups is 2. The normalized spacial score (nSPS) is 10.5. The van der Waals surface area contributed by atoms with Gasteiger partial charge in [-0.05, 0) is 49.2 Å². The maximum atomic E-state index is 12.0. The Bertz CT molecular complexity index is 736. The molecular weight excluding hydrogens is 288 g/mol. The average molecular weight is 308 g/mol. The number of carbonyl (C=O) groups excluding carboxylic acids is 2. The van der Waals surface area contributed by atoms with Crippen LogP contribution in [0.5, 0.6) is 0 Å². The van der Waals surface area contributed by atoms with Crippen molar-refractivity contribution >= 4 is 23.6 Å². The standard InChI is InChI=1S/C19H20N2O2/c1-3-20-19(23)16-9-6-10-17(13-16)21-18(22)12-11-15-8-5-4-7-14(15)2/h4-13H,3H2,1-2H3,(H,20,23)(H,21,22)/b12-11+. The molecule has 2 aromatic carbocycles. The van der Waals surface area contributed by atoms with Gasteiger partial charge in [0.1, 0.15) is 0 Å². The molecule has 0 spiro atoms. The number of hydrogen-bond donors (Lipinski definition) is 2.